The number of aromatic nitrogens is 2. The van der Waals surface area contributed by atoms with Crippen LogP contribution in [0, 0.1) is 6.92 Å². The number of anilines is 3. The number of nitrogens with zero attached hydrogens (tertiary/aromatic N) is 3. The third-order valence-corrected chi connectivity index (χ3v) is 7.00. The molecule has 0 radical (unpaired) electrons. The number of thioether (sulfide) groups is 1. The number of morpholine rings is 1. The minimum Gasteiger partial charge on any atom is -0.378 e. The van der Waals surface area contributed by atoms with Crippen molar-refractivity contribution in [2.24, 2.45) is 0 Å². The molecule has 1 unspecified atom stereocenters. The van der Waals surface area contributed by atoms with Gasteiger partial charge in [-0.2, -0.15) is 0 Å². The first-order chi connectivity index (χ1) is 16.0. The number of hydrogen-bond donors (Lipinski definition) is 2. The predicted molar refractivity (Wildman–Crippen MR) is 131 cm³/mol. The number of hydrogen-bond acceptors (Lipinski definition) is 9. The molecule has 3 aromatic rings. The van der Waals surface area contributed by atoms with Gasteiger partial charge in [-0.1, -0.05) is 17.3 Å². The Hall–Kier alpha value is -2.89. The number of thiazole rings is 1. The molecule has 2 aromatic heterocycles. The van der Waals surface area contributed by atoms with Crippen molar-refractivity contribution < 1.29 is 18.8 Å². The van der Waals surface area contributed by atoms with E-state index in [-0.39, 0.29) is 17.6 Å². The summed E-state index contributed by atoms with van der Waals surface area (Å²) in [4.78, 5) is 31.5. The summed E-state index contributed by atoms with van der Waals surface area (Å²) >= 11 is 2.87. The number of rotatable bonds is 8. The van der Waals surface area contributed by atoms with Crippen LogP contribution in [0.4, 0.5) is 16.6 Å². The molecule has 0 saturated carbocycles. The molecule has 9 nitrogen and oxygen atoms in total. The molecule has 11 heteroatoms. The summed E-state index contributed by atoms with van der Waals surface area (Å²) in [6.07, 6.45) is 0. The zero-order valence-corrected chi connectivity index (χ0v) is 20.0. The molecule has 33 heavy (non-hydrogen) atoms. The van der Waals surface area contributed by atoms with Gasteiger partial charge in [-0.25, -0.2) is 4.98 Å². The summed E-state index contributed by atoms with van der Waals surface area (Å²) in [7, 11) is 0. The van der Waals surface area contributed by atoms with E-state index >= 15 is 0 Å². The number of ether oxygens (including phenoxy) is 1. The second kappa shape index (κ2) is 10.8. The largest absolute Gasteiger partial charge is 0.378 e. The van der Waals surface area contributed by atoms with E-state index in [1.54, 1.807) is 31.3 Å². The van der Waals surface area contributed by atoms with Gasteiger partial charge in [0, 0.05) is 35.8 Å². The summed E-state index contributed by atoms with van der Waals surface area (Å²) in [6.45, 7) is 6.66. The molecule has 0 bridgehead atoms. The van der Waals surface area contributed by atoms with Gasteiger partial charge in [-0.15, -0.1) is 23.1 Å². The summed E-state index contributed by atoms with van der Waals surface area (Å²) < 4.78 is 10.3. The molecular weight excluding hydrogens is 462 g/mol. The first kappa shape index (κ1) is 23.3. The SMILES string of the molecule is Cc1cc(NC(=O)C(C)SCC(=O)Nc2ccc(-c3csc(N4CCOCC4)n3)cc2)no1. The second-order valence-corrected chi connectivity index (χ2v) is 9.67. The molecule has 2 amide bonds. The summed E-state index contributed by atoms with van der Waals surface area (Å²) in [5.41, 5.74) is 2.60. The normalized spacial score (nSPS) is 14.7. The van der Waals surface area contributed by atoms with Crippen LogP contribution in [0.1, 0.15) is 12.7 Å². The maximum absolute atomic E-state index is 12.3. The van der Waals surface area contributed by atoms with Crippen LogP contribution in [0.25, 0.3) is 11.3 Å². The highest BCUT2D eigenvalue weighted by Gasteiger charge is 2.18. The third-order valence-electron chi connectivity index (χ3n) is 4.95. The molecule has 2 N–H and O–H groups in total. The fraction of sp³-hybridized carbons (Fsp3) is 0.364. The van der Waals surface area contributed by atoms with Gasteiger partial charge in [0.15, 0.2) is 10.9 Å². The Bertz CT molecular complexity index is 1090. The van der Waals surface area contributed by atoms with Crippen molar-refractivity contribution in [1.29, 1.82) is 0 Å². The van der Waals surface area contributed by atoms with Crippen molar-refractivity contribution in [3.05, 3.63) is 41.5 Å². The van der Waals surface area contributed by atoms with Crippen molar-refractivity contribution in [3.8, 4) is 11.3 Å². The van der Waals surface area contributed by atoms with E-state index in [4.69, 9.17) is 14.2 Å². The van der Waals surface area contributed by atoms with E-state index < -0.39 is 5.25 Å². The molecule has 1 fully saturated rings. The molecule has 0 spiro atoms. The van der Waals surface area contributed by atoms with Gasteiger partial charge in [-0.05, 0) is 26.0 Å². The Balaban J connectivity index is 1.25. The first-order valence-corrected chi connectivity index (χ1v) is 12.4. The fourth-order valence-corrected chi connectivity index (χ4v) is 4.72. The molecule has 3 heterocycles. The number of nitrogens with one attached hydrogen (secondary N) is 2. The van der Waals surface area contributed by atoms with Crippen LogP contribution in [-0.2, 0) is 14.3 Å². The molecule has 174 valence electrons. The second-order valence-electron chi connectivity index (χ2n) is 7.51. The maximum atomic E-state index is 12.3. The van der Waals surface area contributed by atoms with Gasteiger partial charge in [0.05, 0.1) is 29.9 Å². The van der Waals surface area contributed by atoms with Gasteiger partial charge in [0.25, 0.3) is 0 Å². The minimum atomic E-state index is -0.416. The Labute approximate surface area is 199 Å². The van der Waals surface area contributed by atoms with Crippen LogP contribution in [0.15, 0.2) is 40.2 Å². The molecular formula is C22H25N5O4S2. The van der Waals surface area contributed by atoms with Gasteiger partial charge in [0.2, 0.25) is 11.8 Å². The highest BCUT2D eigenvalue weighted by Crippen LogP contribution is 2.28. The smallest absolute Gasteiger partial charge is 0.238 e. The summed E-state index contributed by atoms with van der Waals surface area (Å²) in [6, 6.07) is 9.23. The molecule has 1 aromatic carbocycles. The van der Waals surface area contributed by atoms with Crippen molar-refractivity contribution >= 4 is 51.5 Å². The van der Waals surface area contributed by atoms with E-state index in [0.717, 1.165) is 42.7 Å². The first-order valence-electron chi connectivity index (χ1n) is 10.5. The number of benzene rings is 1. The Kier molecular flexibility index (Phi) is 7.63. The van der Waals surface area contributed by atoms with Crippen LogP contribution in [0.3, 0.4) is 0 Å². The molecule has 1 aliphatic heterocycles. The minimum absolute atomic E-state index is 0.156. The van der Waals surface area contributed by atoms with Gasteiger partial charge >= 0.3 is 0 Å². The number of carbonyl (C=O) groups excluding carboxylic acids is 2. The van der Waals surface area contributed by atoms with E-state index in [0.29, 0.717) is 17.3 Å². The van der Waals surface area contributed by atoms with Crippen LogP contribution >= 0.6 is 23.1 Å². The third kappa shape index (κ3) is 6.34. The van der Waals surface area contributed by atoms with Crippen LogP contribution in [0.5, 0.6) is 0 Å². The van der Waals surface area contributed by atoms with Crippen LogP contribution in [-0.4, -0.2) is 59.3 Å². The molecule has 1 aliphatic rings. The number of aryl methyl sites for hydroxylation is 1. The van der Waals surface area contributed by atoms with Crippen molar-refractivity contribution in [3.63, 3.8) is 0 Å². The van der Waals surface area contributed by atoms with E-state index in [9.17, 15) is 9.59 Å². The highest BCUT2D eigenvalue weighted by atomic mass is 32.2. The summed E-state index contributed by atoms with van der Waals surface area (Å²) in [5, 5.41) is 11.9. The quantitative estimate of drug-likeness (QED) is 0.496. The van der Waals surface area contributed by atoms with Gasteiger partial charge in [-0.3, -0.25) is 9.59 Å². The van der Waals surface area contributed by atoms with E-state index in [1.165, 1.54) is 11.8 Å². The molecule has 1 saturated heterocycles. The van der Waals surface area contributed by atoms with Crippen LogP contribution in [0.2, 0.25) is 0 Å². The Morgan fingerprint density at radius 2 is 1.97 bits per heavy atom. The average Bonchev–Trinajstić information content (AvgIpc) is 3.48. The maximum Gasteiger partial charge on any atom is 0.238 e. The van der Waals surface area contributed by atoms with Crippen molar-refractivity contribution in [2.45, 2.75) is 19.1 Å². The number of amides is 2. The highest BCUT2D eigenvalue weighted by molar-refractivity contribution is 8.01. The molecule has 4 rings (SSSR count). The fourth-order valence-electron chi connectivity index (χ4n) is 3.15. The topological polar surface area (TPSA) is 110 Å². The zero-order chi connectivity index (χ0) is 23.2. The lowest BCUT2D eigenvalue weighted by Gasteiger charge is -2.26. The standard InChI is InChI=1S/C22H25N5O4S2/c1-14-11-19(26-31-14)25-21(29)15(2)32-13-20(28)23-17-5-3-16(4-6-17)18-12-33-22(24-18)27-7-9-30-10-8-27/h3-6,11-12,15H,7-10,13H2,1-2H3,(H,23,28)(H,25,26,29). The van der Waals surface area contributed by atoms with E-state index in [2.05, 4.69) is 20.7 Å². The molecule has 1 atom stereocenters. The number of carbonyl (C=O) groups is 2. The monoisotopic (exact) mass is 487 g/mol. The summed E-state index contributed by atoms with van der Waals surface area (Å²) in [5.74, 6) is 0.733. The van der Waals surface area contributed by atoms with Crippen LogP contribution < -0.4 is 15.5 Å². The van der Waals surface area contributed by atoms with Crippen molar-refractivity contribution in [2.75, 3.05) is 47.6 Å². The predicted octanol–water partition coefficient (Wildman–Crippen LogP) is 3.64. The molecule has 0 aliphatic carbocycles. The lowest BCUT2D eigenvalue weighted by atomic mass is 10.1. The average molecular weight is 488 g/mol. The van der Waals surface area contributed by atoms with Gasteiger partial charge in [0.1, 0.15) is 5.76 Å². The lowest BCUT2D eigenvalue weighted by Crippen LogP contribution is -2.36. The Morgan fingerprint density at radius 1 is 1.21 bits per heavy atom. The lowest BCUT2D eigenvalue weighted by molar-refractivity contribution is -0.115. The van der Waals surface area contributed by atoms with Gasteiger partial charge < -0.3 is 24.8 Å². The van der Waals surface area contributed by atoms with E-state index in [1.807, 2.05) is 29.6 Å². The Morgan fingerprint density at radius 3 is 2.67 bits per heavy atom. The van der Waals surface area contributed by atoms with Crippen molar-refractivity contribution in [1.82, 2.24) is 10.1 Å². The zero-order valence-electron chi connectivity index (χ0n) is 18.4.